The topological polar surface area (TPSA) is 135 Å². The zero-order valence-electron chi connectivity index (χ0n) is 13.0. The molecule has 0 aliphatic carbocycles. The summed E-state index contributed by atoms with van der Waals surface area (Å²) in [6.45, 7) is 1.81. The molecule has 1 fully saturated rings. The first-order valence-corrected chi connectivity index (χ1v) is 8.42. The molecule has 1 saturated heterocycles. The predicted octanol–water partition coefficient (Wildman–Crippen LogP) is 0.280. The van der Waals surface area contributed by atoms with Crippen LogP contribution in [0, 0.1) is 0 Å². The van der Waals surface area contributed by atoms with Crippen molar-refractivity contribution in [1.29, 1.82) is 0 Å². The number of nitrogen functional groups attached to an aromatic ring is 1. The minimum absolute atomic E-state index is 0.0808. The third-order valence-corrected chi connectivity index (χ3v) is 4.54. The lowest BCUT2D eigenvalue weighted by molar-refractivity contribution is -0.0541. The van der Waals surface area contributed by atoms with E-state index in [-0.39, 0.29) is 5.82 Å². The number of rotatable bonds is 6. The van der Waals surface area contributed by atoms with Crippen LogP contribution < -0.4 is 11.4 Å². The lowest BCUT2D eigenvalue weighted by Crippen LogP contribution is -2.38. The van der Waals surface area contributed by atoms with Gasteiger partial charge in [-0.15, -0.1) is 0 Å². The SMILES string of the molecule is CC[C@H]1O[C@@H](n2ccc(N)nc2=O)C(OC)[C@H]1OP(=O)(O)OC. The van der Waals surface area contributed by atoms with Crippen LogP contribution in [-0.2, 0) is 23.1 Å². The standard InChI is InChI=1S/C12H20N3O7P/c1-4-7-9(22-23(17,18)20-3)10(19-2)11(21-7)15-6-5-8(13)14-12(15)16/h5-7,9-11H,4H2,1-3H3,(H,17,18)(H2,13,14,16)/t7-,9+,10?,11-/m1/s1. The highest BCUT2D eigenvalue weighted by atomic mass is 31.2. The number of hydrogen-bond donors (Lipinski definition) is 2. The second kappa shape index (κ2) is 7.08. The van der Waals surface area contributed by atoms with Crippen LogP contribution in [0.3, 0.4) is 0 Å². The van der Waals surface area contributed by atoms with Gasteiger partial charge in [0.15, 0.2) is 6.23 Å². The number of phosphoric acid groups is 1. The molecule has 0 aromatic carbocycles. The molecule has 2 heterocycles. The Hall–Kier alpha value is -1.29. The highest BCUT2D eigenvalue weighted by Crippen LogP contribution is 2.48. The van der Waals surface area contributed by atoms with E-state index in [0.29, 0.717) is 6.42 Å². The van der Waals surface area contributed by atoms with Crippen LogP contribution in [0.15, 0.2) is 17.1 Å². The normalized spacial score (nSPS) is 30.3. The average molecular weight is 349 g/mol. The summed E-state index contributed by atoms with van der Waals surface area (Å²) in [5, 5.41) is 0. The molecule has 130 valence electrons. The van der Waals surface area contributed by atoms with Crippen molar-refractivity contribution in [2.45, 2.75) is 37.9 Å². The number of nitrogens with two attached hydrogens (primary N) is 1. The van der Waals surface area contributed by atoms with Crippen LogP contribution in [0.1, 0.15) is 19.6 Å². The third kappa shape index (κ3) is 3.79. The average Bonchev–Trinajstić information content (AvgIpc) is 2.84. The van der Waals surface area contributed by atoms with Crippen LogP contribution in [0.5, 0.6) is 0 Å². The van der Waals surface area contributed by atoms with E-state index in [0.717, 1.165) is 7.11 Å². The van der Waals surface area contributed by atoms with E-state index in [4.69, 9.17) is 19.7 Å². The number of methoxy groups -OCH3 is 1. The van der Waals surface area contributed by atoms with Gasteiger partial charge in [-0.25, -0.2) is 9.36 Å². The van der Waals surface area contributed by atoms with E-state index in [1.54, 1.807) is 0 Å². The fourth-order valence-electron chi connectivity index (χ4n) is 2.45. The summed E-state index contributed by atoms with van der Waals surface area (Å²) in [5.74, 6) is 0.0808. The molecule has 0 saturated carbocycles. The monoisotopic (exact) mass is 349 g/mol. The van der Waals surface area contributed by atoms with E-state index < -0.39 is 38.1 Å². The summed E-state index contributed by atoms with van der Waals surface area (Å²) >= 11 is 0. The summed E-state index contributed by atoms with van der Waals surface area (Å²) < 4.78 is 33.6. The van der Waals surface area contributed by atoms with Crippen molar-refractivity contribution in [3.05, 3.63) is 22.7 Å². The van der Waals surface area contributed by atoms with Crippen molar-refractivity contribution in [1.82, 2.24) is 9.55 Å². The Bertz CT molecular complexity index is 652. The minimum atomic E-state index is -4.24. The number of phosphoric ester groups is 1. The maximum Gasteiger partial charge on any atom is 0.472 e. The molecule has 0 bridgehead atoms. The van der Waals surface area contributed by atoms with Crippen molar-refractivity contribution in [3.8, 4) is 0 Å². The van der Waals surface area contributed by atoms with E-state index in [1.165, 1.54) is 23.9 Å². The van der Waals surface area contributed by atoms with Gasteiger partial charge in [0.05, 0.1) is 6.10 Å². The molecule has 2 rings (SSSR count). The Balaban J connectivity index is 2.35. The molecule has 1 aromatic rings. The zero-order chi connectivity index (χ0) is 17.2. The fourth-order valence-corrected chi connectivity index (χ4v) is 3.10. The van der Waals surface area contributed by atoms with Gasteiger partial charge < -0.3 is 20.1 Å². The van der Waals surface area contributed by atoms with Crippen molar-refractivity contribution in [3.63, 3.8) is 0 Å². The summed E-state index contributed by atoms with van der Waals surface area (Å²) in [5.41, 5.74) is 4.85. The molecule has 2 unspecified atom stereocenters. The maximum atomic E-state index is 12.0. The van der Waals surface area contributed by atoms with E-state index in [1.807, 2.05) is 6.92 Å². The summed E-state index contributed by atoms with van der Waals surface area (Å²) in [4.78, 5) is 25.2. The van der Waals surface area contributed by atoms with Crippen molar-refractivity contribution < 1.29 is 28.0 Å². The quantitative estimate of drug-likeness (QED) is 0.694. The van der Waals surface area contributed by atoms with Gasteiger partial charge in [-0.2, -0.15) is 4.98 Å². The first-order valence-electron chi connectivity index (χ1n) is 6.92. The molecule has 11 heteroatoms. The minimum Gasteiger partial charge on any atom is -0.383 e. The van der Waals surface area contributed by atoms with Crippen molar-refractivity contribution in [2.75, 3.05) is 20.0 Å². The van der Waals surface area contributed by atoms with Gasteiger partial charge in [0, 0.05) is 20.4 Å². The van der Waals surface area contributed by atoms with Crippen molar-refractivity contribution in [2.24, 2.45) is 0 Å². The van der Waals surface area contributed by atoms with Gasteiger partial charge in [-0.1, -0.05) is 6.92 Å². The maximum absolute atomic E-state index is 12.0. The molecule has 1 aromatic heterocycles. The first kappa shape index (κ1) is 18.1. The highest BCUT2D eigenvalue weighted by Gasteiger charge is 2.49. The Morgan fingerprint density at radius 2 is 2.17 bits per heavy atom. The molecule has 1 aliphatic rings. The second-order valence-corrected chi connectivity index (χ2v) is 6.45. The largest absolute Gasteiger partial charge is 0.472 e. The number of aromatic nitrogens is 2. The lowest BCUT2D eigenvalue weighted by Gasteiger charge is -2.24. The number of hydrogen-bond acceptors (Lipinski definition) is 8. The van der Waals surface area contributed by atoms with Crippen LogP contribution in [0.25, 0.3) is 0 Å². The first-order chi connectivity index (χ1) is 10.8. The van der Waals surface area contributed by atoms with Crippen LogP contribution in [-0.4, -0.2) is 47.0 Å². The highest BCUT2D eigenvalue weighted by molar-refractivity contribution is 7.47. The molecule has 0 radical (unpaired) electrons. The van der Waals surface area contributed by atoms with Gasteiger partial charge in [-0.05, 0) is 12.5 Å². The lowest BCUT2D eigenvalue weighted by atomic mass is 10.1. The molecule has 1 aliphatic heterocycles. The van der Waals surface area contributed by atoms with Gasteiger partial charge in [0.1, 0.15) is 18.0 Å². The molecule has 5 atom stereocenters. The Morgan fingerprint density at radius 1 is 1.48 bits per heavy atom. The van der Waals surface area contributed by atoms with Gasteiger partial charge >= 0.3 is 13.5 Å². The molecule has 3 N–H and O–H groups in total. The van der Waals surface area contributed by atoms with Crippen molar-refractivity contribution >= 4 is 13.6 Å². The van der Waals surface area contributed by atoms with E-state index >= 15 is 0 Å². The zero-order valence-corrected chi connectivity index (χ0v) is 13.9. The fraction of sp³-hybridized carbons (Fsp3) is 0.667. The van der Waals surface area contributed by atoms with Crippen LogP contribution in [0.4, 0.5) is 5.82 Å². The molecule has 10 nitrogen and oxygen atoms in total. The number of ether oxygens (including phenoxy) is 2. The summed E-state index contributed by atoms with van der Waals surface area (Å²) in [6, 6.07) is 1.44. The molecule has 0 amide bonds. The predicted molar refractivity (Wildman–Crippen MR) is 79.6 cm³/mol. The van der Waals surface area contributed by atoms with E-state index in [2.05, 4.69) is 9.51 Å². The van der Waals surface area contributed by atoms with Gasteiger partial charge in [0.25, 0.3) is 0 Å². The Morgan fingerprint density at radius 3 is 2.70 bits per heavy atom. The number of nitrogens with zero attached hydrogens (tertiary/aromatic N) is 2. The smallest absolute Gasteiger partial charge is 0.383 e. The summed E-state index contributed by atoms with van der Waals surface area (Å²) in [6.07, 6.45) is -1.24. The molecule has 0 spiro atoms. The summed E-state index contributed by atoms with van der Waals surface area (Å²) in [7, 11) is -1.79. The van der Waals surface area contributed by atoms with Gasteiger partial charge in [-0.3, -0.25) is 13.6 Å². The number of anilines is 1. The Labute approximate surface area is 132 Å². The second-order valence-electron chi connectivity index (χ2n) is 4.94. The molecule has 23 heavy (non-hydrogen) atoms. The van der Waals surface area contributed by atoms with Crippen LogP contribution >= 0.6 is 7.82 Å². The van der Waals surface area contributed by atoms with Gasteiger partial charge in [0.2, 0.25) is 0 Å². The third-order valence-electron chi connectivity index (χ3n) is 3.57. The Kier molecular flexibility index (Phi) is 5.56. The molecular formula is C12H20N3O7P. The van der Waals surface area contributed by atoms with Crippen LogP contribution in [0.2, 0.25) is 0 Å². The molecular weight excluding hydrogens is 329 g/mol. The van der Waals surface area contributed by atoms with E-state index in [9.17, 15) is 14.3 Å².